The lowest BCUT2D eigenvalue weighted by Gasteiger charge is -2.31. The molecule has 1 heterocycles. The van der Waals surface area contributed by atoms with Crippen molar-refractivity contribution in [2.45, 2.75) is 39.5 Å². The summed E-state index contributed by atoms with van der Waals surface area (Å²) in [7, 11) is 0. The number of piperidine rings is 1. The predicted molar refractivity (Wildman–Crippen MR) is 75.8 cm³/mol. The van der Waals surface area contributed by atoms with E-state index in [1.807, 2.05) is 11.8 Å². The molecule has 0 radical (unpaired) electrons. The first kappa shape index (κ1) is 16.0. The average Bonchev–Trinajstić information content (AvgIpc) is 2.46. The molecule has 2 amide bonds. The topological polar surface area (TPSA) is 61.4 Å². The van der Waals surface area contributed by atoms with E-state index in [1.54, 1.807) is 0 Å². The molecule has 5 nitrogen and oxygen atoms in total. The minimum absolute atomic E-state index is 0.0320. The monoisotopic (exact) mass is 269 g/mol. The Labute approximate surface area is 116 Å². The molecule has 0 aliphatic carbocycles. The Hall–Kier alpha value is -1.10. The van der Waals surface area contributed by atoms with Crippen molar-refractivity contribution in [2.75, 3.05) is 32.7 Å². The normalized spacial score (nSPS) is 19.3. The van der Waals surface area contributed by atoms with Crippen LogP contribution in [0.1, 0.15) is 39.5 Å². The zero-order valence-corrected chi connectivity index (χ0v) is 12.2. The van der Waals surface area contributed by atoms with E-state index in [-0.39, 0.29) is 17.7 Å². The Morgan fingerprint density at radius 1 is 1.21 bits per heavy atom. The van der Waals surface area contributed by atoms with Crippen LogP contribution in [-0.4, -0.2) is 49.4 Å². The van der Waals surface area contributed by atoms with Crippen LogP contribution in [0.15, 0.2) is 0 Å². The number of nitrogens with zero attached hydrogens (tertiary/aromatic N) is 1. The van der Waals surface area contributed by atoms with Crippen molar-refractivity contribution in [1.29, 1.82) is 0 Å². The summed E-state index contributed by atoms with van der Waals surface area (Å²) >= 11 is 0. The number of hydrogen-bond acceptors (Lipinski definition) is 3. The number of hydrogen-bond donors (Lipinski definition) is 2. The lowest BCUT2D eigenvalue weighted by atomic mass is 9.97. The van der Waals surface area contributed by atoms with Crippen LogP contribution in [-0.2, 0) is 9.59 Å². The number of rotatable bonds is 7. The summed E-state index contributed by atoms with van der Waals surface area (Å²) in [4.78, 5) is 25.5. The molecule has 1 unspecified atom stereocenters. The second-order valence-corrected chi connectivity index (χ2v) is 5.07. The molecule has 1 aliphatic heterocycles. The highest BCUT2D eigenvalue weighted by molar-refractivity contribution is 5.81. The molecule has 0 bridgehead atoms. The maximum atomic E-state index is 12.0. The van der Waals surface area contributed by atoms with Gasteiger partial charge in [0.2, 0.25) is 11.8 Å². The summed E-state index contributed by atoms with van der Waals surface area (Å²) in [5.74, 6) is 0.212. The van der Waals surface area contributed by atoms with Crippen LogP contribution in [0.4, 0.5) is 0 Å². The van der Waals surface area contributed by atoms with E-state index in [4.69, 9.17) is 0 Å². The van der Waals surface area contributed by atoms with Gasteiger partial charge in [0.05, 0.1) is 5.92 Å². The standard InChI is InChI=1S/C14H27N3O2/c1-3-7-15-8-9-16-14(19)12-6-5-10-17(11-12)13(18)4-2/h12,15H,3-11H2,1-2H3,(H,16,19). The Morgan fingerprint density at radius 2 is 2.00 bits per heavy atom. The van der Waals surface area contributed by atoms with Gasteiger partial charge in [-0.25, -0.2) is 0 Å². The van der Waals surface area contributed by atoms with Gasteiger partial charge in [-0.3, -0.25) is 9.59 Å². The highest BCUT2D eigenvalue weighted by atomic mass is 16.2. The fourth-order valence-electron chi connectivity index (χ4n) is 2.36. The van der Waals surface area contributed by atoms with Crippen molar-refractivity contribution < 1.29 is 9.59 Å². The lowest BCUT2D eigenvalue weighted by molar-refractivity contribution is -0.135. The molecule has 0 aromatic heterocycles. The van der Waals surface area contributed by atoms with Gasteiger partial charge in [0, 0.05) is 32.6 Å². The number of carbonyl (C=O) groups is 2. The van der Waals surface area contributed by atoms with Crippen molar-refractivity contribution in [1.82, 2.24) is 15.5 Å². The Kier molecular flexibility index (Phi) is 7.48. The molecule has 5 heteroatoms. The van der Waals surface area contributed by atoms with Crippen molar-refractivity contribution in [2.24, 2.45) is 5.92 Å². The number of likely N-dealkylation sites (tertiary alicyclic amines) is 1. The van der Waals surface area contributed by atoms with E-state index >= 15 is 0 Å². The van der Waals surface area contributed by atoms with Crippen molar-refractivity contribution in [3.8, 4) is 0 Å². The first-order valence-electron chi connectivity index (χ1n) is 7.45. The van der Waals surface area contributed by atoms with Gasteiger partial charge in [-0.1, -0.05) is 13.8 Å². The van der Waals surface area contributed by atoms with Crippen LogP contribution >= 0.6 is 0 Å². The molecule has 110 valence electrons. The molecule has 0 aromatic rings. The zero-order chi connectivity index (χ0) is 14.1. The molecule has 2 N–H and O–H groups in total. The first-order valence-corrected chi connectivity index (χ1v) is 7.45. The highest BCUT2D eigenvalue weighted by Crippen LogP contribution is 2.17. The lowest BCUT2D eigenvalue weighted by Crippen LogP contribution is -2.46. The maximum Gasteiger partial charge on any atom is 0.224 e. The summed E-state index contributed by atoms with van der Waals surface area (Å²) in [5, 5.41) is 6.20. The molecule has 19 heavy (non-hydrogen) atoms. The Morgan fingerprint density at radius 3 is 2.68 bits per heavy atom. The van der Waals surface area contributed by atoms with Crippen LogP contribution in [0.3, 0.4) is 0 Å². The SMILES string of the molecule is CCCNCCNC(=O)C1CCCN(C(=O)CC)C1. The molecule has 1 saturated heterocycles. The van der Waals surface area contributed by atoms with Crippen LogP contribution in [0, 0.1) is 5.92 Å². The van der Waals surface area contributed by atoms with Crippen LogP contribution in [0.25, 0.3) is 0 Å². The van der Waals surface area contributed by atoms with Gasteiger partial charge in [-0.2, -0.15) is 0 Å². The van der Waals surface area contributed by atoms with E-state index in [1.165, 1.54) is 0 Å². The van der Waals surface area contributed by atoms with Crippen LogP contribution < -0.4 is 10.6 Å². The second kappa shape index (κ2) is 8.91. The van der Waals surface area contributed by atoms with Crippen molar-refractivity contribution >= 4 is 11.8 Å². The number of amides is 2. The molecule has 0 saturated carbocycles. The molecular formula is C14H27N3O2. The average molecular weight is 269 g/mol. The van der Waals surface area contributed by atoms with Gasteiger partial charge in [0.1, 0.15) is 0 Å². The van der Waals surface area contributed by atoms with Crippen LogP contribution in [0.2, 0.25) is 0 Å². The third-order valence-electron chi connectivity index (χ3n) is 3.48. The smallest absolute Gasteiger partial charge is 0.224 e. The van der Waals surface area contributed by atoms with Gasteiger partial charge in [0.25, 0.3) is 0 Å². The van der Waals surface area contributed by atoms with Gasteiger partial charge in [-0.15, -0.1) is 0 Å². The Bertz CT molecular complexity index is 294. The molecular weight excluding hydrogens is 242 g/mol. The zero-order valence-electron chi connectivity index (χ0n) is 12.2. The Balaban J connectivity index is 2.26. The largest absolute Gasteiger partial charge is 0.355 e. The van der Waals surface area contributed by atoms with Crippen molar-refractivity contribution in [3.63, 3.8) is 0 Å². The minimum Gasteiger partial charge on any atom is -0.355 e. The van der Waals surface area contributed by atoms with E-state index in [0.29, 0.717) is 19.5 Å². The molecule has 1 atom stereocenters. The maximum absolute atomic E-state index is 12.0. The van der Waals surface area contributed by atoms with Crippen molar-refractivity contribution in [3.05, 3.63) is 0 Å². The summed E-state index contributed by atoms with van der Waals surface area (Å²) in [6.07, 6.45) is 3.44. The van der Waals surface area contributed by atoms with E-state index in [9.17, 15) is 9.59 Å². The number of nitrogens with one attached hydrogen (secondary N) is 2. The predicted octanol–water partition coefficient (Wildman–Crippen LogP) is 0.751. The van der Waals surface area contributed by atoms with Crippen LogP contribution in [0.5, 0.6) is 0 Å². The second-order valence-electron chi connectivity index (χ2n) is 5.07. The molecule has 0 spiro atoms. The van der Waals surface area contributed by atoms with Gasteiger partial charge in [-0.05, 0) is 25.8 Å². The molecule has 1 aliphatic rings. The summed E-state index contributed by atoms with van der Waals surface area (Å²) < 4.78 is 0. The first-order chi connectivity index (χ1) is 9.19. The molecule has 0 aromatic carbocycles. The van der Waals surface area contributed by atoms with Gasteiger partial charge >= 0.3 is 0 Å². The summed E-state index contributed by atoms with van der Waals surface area (Å²) in [6.45, 7) is 7.83. The summed E-state index contributed by atoms with van der Waals surface area (Å²) in [6, 6.07) is 0. The van der Waals surface area contributed by atoms with Gasteiger partial charge in [0.15, 0.2) is 0 Å². The molecule has 1 fully saturated rings. The quantitative estimate of drug-likeness (QED) is 0.671. The summed E-state index contributed by atoms with van der Waals surface area (Å²) in [5.41, 5.74) is 0. The third-order valence-corrected chi connectivity index (χ3v) is 3.48. The molecule has 1 rings (SSSR count). The van der Waals surface area contributed by atoms with Gasteiger partial charge < -0.3 is 15.5 Å². The fourth-order valence-corrected chi connectivity index (χ4v) is 2.36. The fraction of sp³-hybridized carbons (Fsp3) is 0.857. The van der Waals surface area contributed by atoms with E-state index in [0.717, 1.165) is 38.9 Å². The minimum atomic E-state index is -0.0320. The number of carbonyl (C=O) groups excluding carboxylic acids is 2. The highest BCUT2D eigenvalue weighted by Gasteiger charge is 2.27. The van der Waals surface area contributed by atoms with E-state index < -0.39 is 0 Å². The third kappa shape index (κ3) is 5.59. The van der Waals surface area contributed by atoms with E-state index in [2.05, 4.69) is 17.6 Å².